The van der Waals surface area contributed by atoms with Gasteiger partial charge in [-0.15, -0.1) is 0 Å². The van der Waals surface area contributed by atoms with Gasteiger partial charge in [0.15, 0.2) is 0 Å². The van der Waals surface area contributed by atoms with Gasteiger partial charge in [-0.3, -0.25) is 0 Å². The number of nitrogens with one attached hydrogen (secondary N) is 1. The van der Waals surface area contributed by atoms with E-state index in [0.717, 1.165) is 35.7 Å². The van der Waals surface area contributed by atoms with E-state index in [-0.39, 0.29) is 0 Å². The highest BCUT2D eigenvalue weighted by Gasteiger charge is 2.21. The van der Waals surface area contributed by atoms with E-state index in [9.17, 15) is 0 Å². The Bertz CT molecular complexity index is 386. The van der Waals surface area contributed by atoms with E-state index in [2.05, 4.69) is 53.3 Å². The van der Waals surface area contributed by atoms with Crippen LogP contribution in [-0.4, -0.2) is 12.1 Å². The van der Waals surface area contributed by atoms with Gasteiger partial charge < -0.3 is 10.1 Å². The van der Waals surface area contributed by atoms with Crippen LogP contribution in [0.2, 0.25) is 0 Å². The van der Waals surface area contributed by atoms with Gasteiger partial charge >= 0.3 is 0 Å². The van der Waals surface area contributed by atoms with E-state index in [0.29, 0.717) is 6.10 Å². The fourth-order valence-corrected chi connectivity index (χ4v) is 2.39. The van der Waals surface area contributed by atoms with Crippen molar-refractivity contribution in [1.82, 2.24) is 5.32 Å². The third kappa shape index (κ3) is 3.99. The summed E-state index contributed by atoms with van der Waals surface area (Å²) in [4.78, 5) is 0. The topological polar surface area (TPSA) is 21.3 Å². The zero-order valence-electron chi connectivity index (χ0n) is 11.2. The molecule has 0 atom stereocenters. The van der Waals surface area contributed by atoms with Crippen molar-refractivity contribution in [2.75, 3.05) is 0 Å². The van der Waals surface area contributed by atoms with Crippen LogP contribution in [0.5, 0.6) is 5.75 Å². The Labute approximate surface area is 118 Å². The molecular formula is C15H22BrNO. The van der Waals surface area contributed by atoms with Crippen molar-refractivity contribution >= 4 is 15.9 Å². The van der Waals surface area contributed by atoms with Gasteiger partial charge in [-0.05, 0) is 43.9 Å². The second-order valence-electron chi connectivity index (χ2n) is 4.96. The predicted octanol–water partition coefficient (Wildman–Crippen LogP) is 4.27. The number of rotatable bonds is 7. The summed E-state index contributed by atoms with van der Waals surface area (Å²) in [5, 5.41) is 3.55. The second-order valence-corrected chi connectivity index (χ2v) is 5.88. The summed E-state index contributed by atoms with van der Waals surface area (Å²) >= 11 is 3.54. The van der Waals surface area contributed by atoms with Crippen LogP contribution >= 0.6 is 15.9 Å². The predicted molar refractivity (Wildman–Crippen MR) is 79.0 cm³/mol. The summed E-state index contributed by atoms with van der Waals surface area (Å²) in [7, 11) is 0. The third-order valence-electron chi connectivity index (χ3n) is 3.39. The third-order valence-corrected chi connectivity index (χ3v) is 3.88. The van der Waals surface area contributed by atoms with E-state index in [1.165, 1.54) is 18.4 Å². The fraction of sp³-hybridized carbons (Fsp3) is 0.600. The van der Waals surface area contributed by atoms with Gasteiger partial charge in [-0.2, -0.15) is 0 Å². The highest BCUT2D eigenvalue weighted by molar-refractivity contribution is 9.10. The van der Waals surface area contributed by atoms with Gasteiger partial charge in [-0.25, -0.2) is 0 Å². The fourth-order valence-electron chi connectivity index (χ4n) is 1.98. The standard InChI is InChI=1S/C15H22BrNO/c1-3-14(4-2)18-15-8-5-12(16)9-11(15)10-17-13-6-7-13/h5,8-9,13-14,17H,3-4,6-7,10H2,1-2H3. The molecule has 2 nitrogen and oxygen atoms in total. The highest BCUT2D eigenvalue weighted by Crippen LogP contribution is 2.27. The Morgan fingerprint density at radius 2 is 2.06 bits per heavy atom. The molecule has 1 saturated carbocycles. The lowest BCUT2D eigenvalue weighted by atomic mass is 10.1. The average Bonchev–Trinajstić information content (AvgIpc) is 3.19. The van der Waals surface area contributed by atoms with E-state index in [1.807, 2.05) is 0 Å². The number of benzene rings is 1. The molecule has 3 heteroatoms. The van der Waals surface area contributed by atoms with Crippen LogP contribution in [-0.2, 0) is 6.54 Å². The molecule has 0 unspecified atom stereocenters. The molecule has 0 radical (unpaired) electrons. The van der Waals surface area contributed by atoms with Crippen LogP contribution < -0.4 is 10.1 Å². The van der Waals surface area contributed by atoms with Crippen molar-refractivity contribution in [2.24, 2.45) is 0 Å². The molecule has 1 fully saturated rings. The minimum atomic E-state index is 0.325. The lowest BCUT2D eigenvalue weighted by molar-refractivity contribution is 0.190. The van der Waals surface area contributed by atoms with Crippen LogP contribution in [0.4, 0.5) is 0 Å². The summed E-state index contributed by atoms with van der Waals surface area (Å²) in [6.45, 7) is 5.25. The molecule has 100 valence electrons. The number of ether oxygens (including phenoxy) is 1. The minimum Gasteiger partial charge on any atom is -0.490 e. The lowest BCUT2D eigenvalue weighted by Gasteiger charge is -2.19. The van der Waals surface area contributed by atoms with Crippen LogP contribution in [0.1, 0.15) is 45.1 Å². The van der Waals surface area contributed by atoms with Crippen molar-refractivity contribution in [3.05, 3.63) is 28.2 Å². The Morgan fingerprint density at radius 3 is 2.67 bits per heavy atom. The second kappa shape index (κ2) is 6.58. The van der Waals surface area contributed by atoms with E-state index in [4.69, 9.17) is 4.74 Å². The summed E-state index contributed by atoms with van der Waals surface area (Å²) in [6, 6.07) is 7.02. The Hall–Kier alpha value is -0.540. The van der Waals surface area contributed by atoms with Crippen LogP contribution in [0.25, 0.3) is 0 Å². The molecule has 0 amide bonds. The van der Waals surface area contributed by atoms with Gasteiger partial charge in [0.25, 0.3) is 0 Å². The maximum atomic E-state index is 6.09. The first kappa shape index (κ1) is 13.9. The van der Waals surface area contributed by atoms with E-state index < -0.39 is 0 Å². The van der Waals surface area contributed by atoms with Gasteiger partial charge in [0.1, 0.15) is 5.75 Å². The summed E-state index contributed by atoms with van der Waals surface area (Å²) < 4.78 is 7.21. The Morgan fingerprint density at radius 1 is 1.33 bits per heavy atom. The van der Waals surface area contributed by atoms with Crippen molar-refractivity contribution in [3.8, 4) is 5.75 Å². The SMILES string of the molecule is CCC(CC)Oc1ccc(Br)cc1CNC1CC1. The quantitative estimate of drug-likeness (QED) is 0.812. The maximum absolute atomic E-state index is 6.09. The molecule has 0 saturated heterocycles. The smallest absolute Gasteiger partial charge is 0.124 e. The van der Waals surface area contributed by atoms with Crippen molar-refractivity contribution in [3.63, 3.8) is 0 Å². The molecule has 0 spiro atoms. The number of hydrogen-bond donors (Lipinski definition) is 1. The van der Waals surface area contributed by atoms with E-state index in [1.54, 1.807) is 0 Å². The van der Waals surface area contributed by atoms with Crippen LogP contribution in [0.15, 0.2) is 22.7 Å². The molecule has 1 aliphatic carbocycles. The number of halogens is 1. The molecule has 0 aliphatic heterocycles. The van der Waals surface area contributed by atoms with Crippen LogP contribution in [0, 0.1) is 0 Å². The van der Waals surface area contributed by atoms with E-state index >= 15 is 0 Å². The molecule has 1 aromatic carbocycles. The zero-order chi connectivity index (χ0) is 13.0. The molecule has 2 rings (SSSR count). The first-order chi connectivity index (χ1) is 8.72. The van der Waals surface area contributed by atoms with Crippen LogP contribution in [0.3, 0.4) is 0 Å². The van der Waals surface area contributed by atoms with Crippen molar-refractivity contribution < 1.29 is 4.74 Å². The lowest BCUT2D eigenvalue weighted by Crippen LogP contribution is -2.19. The Kier molecular flexibility index (Phi) is 5.07. The summed E-state index contributed by atoms with van der Waals surface area (Å²) in [6.07, 6.45) is 5.07. The number of hydrogen-bond acceptors (Lipinski definition) is 2. The minimum absolute atomic E-state index is 0.325. The first-order valence-electron chi connectivity index (χ1n) is 6.91. The molecular weight excluding hydrogens is 290 g/mol. The molecule has 1 aliphatic rings. The zero-order valence-corrected chi connectivity index (χ0v) is 12.8. The van der Waals surface area contributed by atoms with Crippen molar-refractivity contribution in [2.45, 2.75) is 58.2 Å². The Balaban J connectivity index is 2.05. The average molecular weight is 312 g/mol. The monoisotopic (exact) mass is 311 g/mol. The van der Waals surface area contributed by atoms with Gasteiger partial charge in [-0.1, -0.05) is 29.8 Å². The van der Waals surface area contributed by atoms with Gasteiger partial charge in [0.05, 0.1) is 6.10 Å². The molecule has 0 bridgehead atoms. The summed E-state index contributed by atoms with van der Waals surface area (Å²) in [5.41, 5.74) is 1.25. The van der Waals surface area contributed by atoms with Crippen molar-refractivity contribution in [1.29, 1.82) is 0 Å². The molecule has 1 aromatic rings. The first-order valence-corrected chi connectivity index (χ1v) is 7.70. The maximum Gasteiger partial charge on any atom is 0.124 e. The molecule has 0 aromatic heterocycles. The normalized spacial score (nSPS) is 15.1. The van der Waals surface area contributed by atoms with Gasteiger partial charge in [0, 0.05) is 22.6 Å². The molecule has 18 heavy (non-hydrogen) atoms. The highest BCUT2D eigenvalue weighted by atomic mass is 79.9. The largest absolute Gasteiger partial charge is 0.490 e. The summed E-state index contributed by atoms with van der Waals surface area (Å²) in [5.74, 6) is 1.03. The molecule has 0 heterocycles. The van der Waals surface area contributed by atoms with Gasteiger partial charge in [0.2, 0.25) is 0 Å². The molecule has 1 N–H and O–H groups in total.